The van der Waals surface area contributed by atoms with Crippen LogP contribution in [0, 0.1) is 0 Å². The molecule has 0 fully saturated rings. The summed E-state index contributed by atoms with van der Waals surface area (Å²) in [6.07, 6.45) is 6.43. The van der Waals surface area contributed by atoms with E-state index >= 15 is 0 Å². The molecule has 1 aromatic carbocycles. The van der Waals surface area contributed by atoms with Gasteiger partial charge in [-0.2, -0.15) is 0 Å². The van der Waals surface area contributed by atoms with Crippen molar-refractivity contribution in [1.29, 1.82) is 0 Å². The first kappa shape index (κ1) is 16.9. The third-order valence-corrected chi connectivity index (χ3v) is 6.25. The van der Waals surface area contributed by atoms with Crippen LogP contribution in [-0.2, 0) is 10.8 Å². The maximum Gasteiger partial charge on any atom is 0.549 e. The Hall–Kier alpha value is -1.94. The predicted molar refractivity (Wildman–Crippen MR) is 101 cm³/mol. The summed E-state index contributed by atoms with van der Waals surface area (Å²) in [5.74, 6) is -0.650. The molecule has 24 heavy (non-hydrogen) atoms. The van der Waals surface area contributed by atoms with Crippen molar-refractivity contribution in [2.75, 3.05) is 0 Å². The highest BCUT2D eigenvalue weighted by atomic mass is 32.1. The smallest absolute Gasteiger partial charge is 0.549 e. The summed E-state index contributed by atoms with van der Waals surface area (Å²) in [5.41, 5.74) is 3.01. The van der Waals surface area contributed by atoms with Gasteiger partial charge < -0.3 is 5.11 Å². The number of rotatable bonds is 3. The van der Waals surface area contributed by atoms with Gasteiger partial charge in [0.2, 0.25) is 0 Å². The molecule has 1 aromatic heterocycles. The zero-order valence-electron chi connectivity index (χ0n) is 14.6. The molecular weight excluding hydrogens is 318 g/mol. The quantitative estimate of drug-likeness (QED) is 0.770. The fourth-order valence-electron chi connectivity index (χ4n) is 3.10. The number of carbonyl (C=O) groups is 1. The molecule has 1 heterocycles. The van der Waals surface area contributed by atoms with Crippen LogP contribution in [0.4, 0.5) is 0 Å². The van der Waals surface area contributed by atoms with Crippen molar-refractivity contribution >= 4 is 29.5 Å². The average molecular weight is 342 g/mol. The Labute approximate surface area is 147 Å². The van der Waals surface area contributed by atoms with Crippen LogP contribution in [-0.4, -0.2) is 16.1 Å². The molecule has 1 aliphatic carbocycles. The highest BCUT2D eigenvalue weighted by Gasteiger charge is 2.40. The lowest BCUT2D eigenvalue weighted by Crippen LogP contribution is -2.32. The normalized spacial score (nSPS) is 18.5. The molecule has 1 aliphatic rings. The second kappa shape index (κ2) is 5.85. The molecule has 0 spiro atoms. The van der Waals surface area contributed by atoms with Crippen LogP contribution < -0.4 is 0 Å². The topological polar surface area (TPSA) is 52.9 Å². The molecule has 0 amide bonds. The first-order valence-corrected chi connectivity index (χ1v) is 9.07. The molecule has 3 rings (SSSR count). The molecule has 2 N–H and O–H groups in total. The Morgan fingerprint density at radius 2 is 1.71 bits per heavy atom. The van der Waals surface area contributed by atoms with Crippen molar-refractivity contribution in [2.45, 2.75) is 51.4 Å². The van der Waals surface area contributed by atoms with E-state index in [0.29, 0.717) is 5.56 Å². The second-order valence-corrected chi connectivity index (χ2v) is 8.81. The summed E-state index contributed by atoms with van der Waals surface area (Å²) < 4.78 is 0. The van der Waals surface area contributed by atoms with Crippen molar-refractivity contribution in [3.05, 3.63) is 51.0 Å². The molecule has 0 radical (unpaired) electrons. The summed E-state index contributed by atoms with van der Waals surface area (Å²) in [7, 11) is 0. The van der Waals surface area contributed by atoms with Crippen molar-refractivity contribution in [1.82, 2.24) is 4.98 Å². The van der Waals surface area contributed by atoms with Gasteiger partial charge in [0.1, 0.15) is 10.6 Å². The number of thiazole rings is 1. The van der Waals surface area contributed by atoms with Crippen LogP contribution in [0.15, 0.2) is 24.3 Å². The number of hydrogen-bond acceptors (Lipinski definition) is 3. The highest BCUT2D eigenvalue weighted by Crippen LogP contribution is 2.48. The number of benzene rings is 1. The lowest BCUT2D eigenvalue weighted by atomic mass is 9.69. The van der Waals surface area contributed by atoms with Crippen molar-refractivity contribution in [2.24, 2.45) is 0 Å². The molecule has 126 valence electrons. The van der Waals surface area contributed by atoms with E-state index in [4.69, 9.17) is 10.1 Å². The van der Waals surface area contributed by atoms with Gasteiger partial charge in [-0.25, -0.2) is 4.98 Å². The van der Waals surface area contributed by atoms with Gasteiger partial charge in [0.15, 0.2) is 0 Å². The highest BCUT2D eigenvalue weighted by molar-refractivity contribution is 7.12. The molecule has 3 nitrogen and oxygen atoms in total. The van der Waals surface area contributed by atoms with E-state index in [-0.39, 0.29) is 10.8 Å². The molecule has 0 saturated heterocycles. The fourth-order valence-corrected chi connectivity index (χ4v) is 4.37. The molecule has 0 bridgehead atoms. The summed E-state index contributed by atoms with van der Waals surface area (Å²) in [6, 6.07) is 7.10. The molecule has 0 saturated carbocycles. The summed E-state index contributed by atoms with van der Waals surface area (Å²) in [5, 5.41) is 8.14. The van der Waals surface area contributed by atoms with Crippen LogP contribution in [0.3, 0.4) is 0 Å². The molecule has 0 unspecified atom stereocenters. The van der Waals surface area contributed by atoms with E-state index in [1.807, 2.05) is 24.3 Å². The van der Waals surface area contributed by atoms with E-state index in [1.165, 1.54) is 23.4 Å². The number of carbonyl (C=O) groups excluding carboxylic acids is 1. The van der Waals surface area contributed by atoms with Crippen molar-refractivity contribution in [3.8, 4) is 0 Å². The maximum absolute atomic E-state index is 11.0. The minimum Gasteiger partial charge on any atom is -0.561 e. The average Bonchev–Trinajstić information content (AvgIpc) is 2.97. The van der Waals surface area contributed by atoms with Crippen LogP contribution in [0.1, 0.15) is 72.0 Å². The zero-order chi connectivity index (χ0) is 17.5. The standard InChI is InChI=1S/C20H23NO2S/c1-19(2)11-12-20(3,4)17-16(19)21-15(24-17)10-7-13-5-8-14(9-6-13)18(22)23/h5-10H,11-12H2,1-4H3,(H,22,23)/p+1/b10-7+. The van der Waals surface area contributed by atoms with Gasteiger partial charge in [0.25, 0.3) is 0 Å². The number of nitrogens with zero attached hydrogens (tertiary/aromatic N) is 1. The first-order chi connectivity index (χ1) is 11.2. The lowest BCUT2D eigenvalue weighted by Gasteiger charge is -2.37. The Kier molecular flexibility index (Phi) is 4.12. The monoisotopic (exact) mass is 342 g/mol. The first-order valence-electron chi connectivity index (χ1n) is 8.25. The molecule has 2 aromatic rings. The van der Waals surface area contributed by atoms with Gasteiger partial charge >= 0.3 is 5.97 Å². The third kappa shape index (κ3) is 3.16. The molecule has 0 aliphatic heterocycles. The van der Waals surface area contributed by atoms with Crippen LogP contribution in [0.25, 0.3) is 12.2 Å². The third-order valence-electron chi connectivity index (χ3n) is 4.87. The minimum atomic E-state index is -0.650. The molecular formula is C20H24NO2S+. The number of aromatic nitrogens is 1. The van der Waals surface area contributed by atoms with Gasteiger partial charge in [-0.05, 0) is 36.6 Å². The Morgan fingerprint density at radius 1 is 1.08 bits per heavy atom. The molecule has 4 heteroatoms. The second-order valence-electron chi connectivity index (χ2n) is 7.78. The van der Waals surface area contributed by atoms with E-state index in [0.717, 1.165) is 10.6 Å². The van der Waals surface area contributed by atoms with Gasteiger partial charge in [-0.15, -0.1) is 11.3 Å². The van der Waals surface area contributed by atoms with E-state index in [9.17, 15) is 4.79 Å². The molecule has 0 atom stereocenters. The summed E-state index contributed by atoms with van der Waals surface area (Å²) >= 11 is 1.79. The van der Waals surface area contributed by atoms with Crippen molar-refractivity contribution in [3.63, 3.8) is 0 Å². The van der Waals surface area contributed by atoms with Crippen LogP contribution in [0.5, 0.6) is 0 Å². The Morgan fingerprint density at radius 3 is 2.29 bits per heavy atom. The van der Waals surface area contributed by atoms with E-state index < -0.39 is 5.97 Å². The predicted octanol–water partition coefficient (Wildman–Crippen LogP) is 4.53. The largest absolute Gasteiger partial charge is 0.561 e. The maximum atomic E-state index is 11.0. The summed E-state index contributed by atoms with van der Waals surface area (Å²) in [4.78, 5) is 17.3. The van der Waals surface area contributed by atoms with Crippen LogP contribution in [0.2, 0.25) is 0 Å². The van der Waals surface area contributed by atoms with Gasteiger partial charge in [-0.3, -0.25) is 0 Å². The van der Waals surface area contributed by atoms with E-state index in [2.05, 4.69) is 27.7 Å². The lowest BCUT2D eigenvalue weighted by molar-refractivity contribution is 0.0697. The zero-order valence-corrected chi connectivity index (χ0v) is 15.5. The number of hydrogen-bond donors (Lipinski definition) is 0. The fraction of sp³-hybridized carbons (Fsp3) is 0.400. The Balaban J connectivity index is 1.89. The Bertz CT molecular complexity index is 764. The minimum absolute atomic E-state index is 0.142. The van der Waals surface area contributed by atoms with E-state index in [1.54, 1.807) is 23.5 Å². The van der Waals surface area contributed by atoms with Gasteiger partial charge in [-0.1, -0.05) is 45.9 Å². The van der Waals surface area contributed by atoms with Crippen LogP contribution >= 0.6 is 11.3 Å². The summed E-state index contributed by atoms with van der Waals surface area (Å²) in [6.45, 7) is 9.18. The number of fused-ring (bicyclic) bond motifs is 1. The van der Waals surface area contributed by atoms with Gasteiger partial charge in [0, 0.05) is 20.5 Å². The SMILES string of the molecule is CC1(C)CCC(C)(C)c2sc(/C=C/c3ccc(C(=O)[OH2+])cc3)nc21. The van der Waals surface area contributed by atoms with Crippen molar-refractivity contribution < 1.29 is 9.90 Å². The van der Waals surface area contributed by atoms with Gasteiger partial charge in [0.05, 0.1) is 5.69 Å².